The Morgan fingerprint density at radius 1 is 1.10 bits per heavy atom. The van der Waals surface area contributed by atoms with Crippen LogP contribution in [-0.4, -0.2) is 7.11 Å². The Kier molecular flexibility index (Phi) is 5.12. The molecule has 5 heteroatoms. The molecule has 1 unspecified atom stereocenters. The fourth-order valence-electron chi connectivity index (χ4n) is 2.42. The second-order valence-electron chi connectivity index (χ2n) is 4.93. The van der Waals surface area contributed by atoms with Crippen LogP contribution in [0.4, 0.5) is 0 Å². The first kappa shape index (κ1) is 16.1. The average molecular weight is 325 g/mol. The standard InChI is InChI=1S/C16H18Cl2N2O/c1-9-4-5-14(16(21-3)10(9)2)15(20-19)11-6-12(17)8-13(18)7-11/h4-8,15,20H,19H2,1-3H3. The van der Waals surface area contributed by atoms with Crippen molar-refractivity contribution in [3.05, 3.63) is 62.6 Å². The number of rotatable bonds is 4. The SMILES string of the molecule is COc1c(C(NN)c2cc(Cl)cc(Cl)c2)ccc(C)c1C. The van der Waals surface area contributed by atoms with Crippen LogP contribution in [0.5, 0.6) is 5.75 Å². The quantitative estimate of drug-likeness (QED) is 0.655. The van der Waals surface area contributed by atoms with Gasteiger partial charge in [0.1, 0.15) is 5.75 Å². The average Bonchev–Trinajstić information content (AvgIpc) is 2.43. The van der Waals surface area contributed by atoms with Crippen molar-refractivity contribution in [2.45, 2.75) is 19.9 Å². The molecule has 3 N–H and O–H groups in total. The van der Waals surface area contributed by atoms with E-state index in [1.165, 1.54) is 0 Å². The fourth-order valence-corrected chi connectivity index (χ4v) is 2.96. The van der Waals surface area contributed by atoms with E-state index >= 15 is 0 Å². The molecule has 2 rings (SSSR count). The Labute approximate surface area is 135 Å². The summed E-state index contributed by atoms with van der Waals surface area (Å²) in [6, 6.07) is 9.16. The summed E-state index contributed by atoms with van der Waals surface area (Å²) in [7, 11) is 1.66. The molecule has 3 nitrogen and oxygen atoms in total. The molecular formula is C16H18Cl2N2O. The molecule has 0 radical (unpaired) electrons. The lowest BCUT2D eigenvalue weighted by Crippen LogP contribution is -2.29. The van der Waals surface area contributed by atoms with Gasteiger partial charge >= 0.3 is 0 Å². The highest BCUT2D eigenvalue weighted by Crippen LogP contribution is 2.35. The lowest BCUT2D eigenvalue weighted by atomic mass is 9.94. The third-order valence-electron chi connectivity index (χ3n) is 3.61. The molecule has 0 aromatic heterocycles. The predicted molar refractivity (Wildman–Crippen MR) is 88.1 cm³/mol. The maximum absolute atomic E-state index is 6.08. The summed E-state index contributed by atoms with van der Waals surface area (Å²) in [5.41, 5.74) is 6.89. The number of hydrazine groups is 1. The van der Waals surface area contributed by atoms with Gasteiger partial charge < -0.3 is 4.74 Å². The van der Waals surface area contributed by atoms with Gasteiger partial charge in [-0.25, -0.2) is 5.43 Å². The van der Waals surface area contributed by atoms with Crippen LogP contribution in [0.3, 0.4) is 0 Å². The molecule has 112 valence electrons. The van der Waals surface area contributed by atoms with Crippen LogP contribution in [0.25, 0.3) is 0 Å². The van der Waals surface area contributed by atoms with Crippen LogP contribution in [-0.2, 0) is 0 Å². The Bertz CT molecular complexity index is 639. The Balaban J connectivity index is 2.59. The van der Waals surface area contributed by atoms with Crippen molar-refractivity contribution in [2.24, 2.45) is 5.84 Å². The van der Waals surface area contributed by atoms with Gasteiger partial charge in [0.25, 0.3) is 0 Å². The Hall–Kier alpha value is -1.26. The van der Waals surface area contributed by atoms with E-state index in [1.54, 1.807) is 13.2 Å². The van der Waals surface area contributed by atoms with Crippen molar-refractivity contribution in [1.82, 2.24) is 5.43 Å². The zero-order valence-electron chi connectivity index (χ0n) is 12.2. The summed E-state index contributed by atoms with van der Waals surface area (Å²) < 4.78 is 5.56. The first-order valence-corrected chi connectivity index (χ1v) is 7.29. The summed E-state index contributed by atoms with van der Waals surface area (Å²) in [5, 5.41) is 1.14. The van der Waals surface area contributed by atoms with Crippen LogP contribution in [0.15, 0.2) is 30.3 Å². The van der Waals surface area contributed by atoms with E-state index in [2.05, 4.69) is 5.43 Å². The number of methoxy groups -OCH3 is 1. The van der Waals surface area contributed by atoms with Gasteiger partial charge in [-0.2, -0.15) is 0 Å². The predicted octanol–water partition coefficient (Wildman–Crippen LogP) is 4.17. The molecule has 0 amide bonds. The normalized spacial score (nSPS) is 12.3. The van der Waals surface area contributed by atoms with Crippen molar-refractivity contribution in [1.29, 1.82) is 0 Å². The lowest BCUT2D eigenvalue weighted by molar-refractivity contribution is 0.401. The minimum atomic E-state index is -0.254. The van der Waals surface area contributed by atoms with Crippen molar-refractivity contribution < 1.29 is 4.74 Å². The molecule has 0 heterocycles. The first-order valence-electron chi connectivity index (χ1n) is 6.54. The Morgan fingerprint density at radius 3 is 2.24 bits per heavy atom. The van der Waals surface area contributed by atoms with E-state index < -0.39 is 0 Å². The van der Waals surface area contributed by atoms with Gasteiger partial charge in [0, 0.05) is 15.6 Å². The first-order chi connectivity index (χ1) is 9.97. The Morgan fingerprint density at radius 2 is 1.71 bits per heavy atom. The molecule has 0 bridgehead atoms. The van der Waals surface area contributed by atoms with E-state index in [-0.39, 0.29) is 6.04 Å². The van der Waals surface area contributed by atoms with Gasteiger partial charge in [0.15, 0.2) is 0 Å². The van der Waals surface area contributed by atoms with E-state index in [9.17, 15) is 0 Å². The number of ether oxygens (including phenoxy) is 1. The summed E-state index contributed by atoms with van der Waals surface area (Å²) in [6.45, 7) is 4.07. The third kappa shape index (κ3) is 3.33. The molecule has 2 aromatic carbocycles. The largest absolute Gasteiger partial charge is 0.496 e. The number of benzene rings is 2. The van der Waals surface area contributed by atoms with Gasteiger partial charge in [-0.15, -0.1) is 0 Å². The highest BCUT2D eigenvalue weighted by Gasteiger charge is 2.20. The van der Waals surface area contributed by atoms with Crippen LogP contribution in [0.1, 0.15) is 28.3 Å². The minimum absolute atomic E-state index is 0.254. The molecule has 0 saturated heterocycles. The molecule has 1 atom stereocenters. The number of hydrogen-bond donors (Lipinski definition) is 2. The maximum atomic E-state index is 6.08. The number of aryl methyl sites for hydroxylation is 1. The topological polar surface area (TPSA) is 47.3 Å². The molecular weight excluding hydrogens is 307 g/mol. The second-order valence-corrected chi connectivity index (χ2v) is 5.81. The zero-order valence-corrected chi connectivity index (χ0v) is 13.7. The van der Waals surface area contributed by atoms with Crippen LogP contribution < -0.4 is 16.0 Å². The molecule has 0 saturated carbocycles. The van der Waals surface area contributed by atoms with Crippen LogP contribution >= 0.6 is 23.2 Å². The molecule has 0 spiro atoms. The van der Waals surface area contributed by atoms with E-state index in [0.29, 0.717) is 10.0 Å². The van der Waals surface area contributed by atoms with Gasteiger partial charge in [-0.1, -0.05) is 35.3 Å². The molecule has 21 heavy (non-hydrogen) atoms. The molecule has 0 aliphatic heterocycles. The van der Waals surface area contributed by atoms with Crippen LogP contribution in [0.2, 0.25) is 10.0 Å². The third-order valence-corrected chi connectivity index (χ3v) is 4.04. The minimum Gasteiger partial charge on any atom is -0.496 e. The van der Waals surface area contributed by atoms with E-state index in [4.69, 9.17) is 33.8 Å². The van der Waals surface area contributed by atoms with Gasteiger partial charge in [-0.05, 0) is 48.7 Å². The lowest BCUT2D eigenvalue weighted by Gasteiger charge is -2.22. The summed E-state index contributed by atoms with van der Waals surface area (Å²) >= 11 is 12.2. The van der Waals surface area contributed by atoms with Gasteiger partial charge in [-0.3, -0.25) is 5.84 Å². The number of nitrogens with one attached hydrogen (secondary N) is 1. The maximum Gasteiger partial charge on any atom is 0.127 e. The molecule has 0 aliphatic carbocycles. The second kappa shape index (κ2) is 6.67. The highest BCUT2D eigenvalue weighted by molar-refractivity contribution is 6.34. The zero-order chi connectivity index (χ0) is 15.6. The molecule has 0 aliphatic rings. The fraction of sp³-hybridized carbons (Fsp3) is 0.250. The number of halogens is 2. The van der Waals surface area contributed by atoms with Crippen molar-refractivity contribution in [3.63, 3.8) is 0 Å². The van der Waals surface area contributed by atoms with Crippen LogP contribution in [0, 0.1) is 13.8 Å². The smallest absolute Gasteiger partial charge is 0.127 e. The monoisotopic (exact) mass is 324 g/mol. The van der Waals surface area contributed by atoms with Crippen molar-refractivity contribution in [3.8, 4) is 5.75 Å². The number of nitrogens with two attached hydrogens (primary N) is 1. The van der Waals surface area contributed by atoms with E-state index in [1.807, 2.05) is 38.1 Å². The van der Waals surface area contributed by atoms with Crippen molar-refractivity contribution in [2.75, 3.05) is 7.11 Å². The molecule has 2 aromatic rings. The van der Waals surface area contributed by atoms with E-state index in [0.717, 1.165) is 28.0 Å². The highest BCUT2D eigenvalue weighted by atomic mass is 35.5. The summed E-state index contributed by atoms with van der Waals surface area (Å²) in [4.78, 5) is 0. The summed E-state index contributed by atoms with van der Waals surface area (Å²) in [6.07, 6.45) is 0. The van der Waals surface area contributed by atoms with Gasteiger partial charge in [0.05, 0.1) is 13.2 Å². The van der Waals surface area contributed by atoms with Crippen molar-refractivity contribution >= 4 is 23.2 Å². The number of hydrogen-bond acceptors (Lipinski definition) is 3. The molecule has 0 fully saturated rings. The summed E-state index contributed by atoms with van der Waals surface area (Å²) in [5.74, 6) is 6.57. The van der Waals surface area contributed by atoms with Gasteiger partial charge in [0.2, 0.25) is 0 Å².